The van der Waals surface area contributed by atoms with Crippen LogP contribution < -0.4 is 0 Å². The summed E-state index contributed by atoms with van der Waals surface area (Å²) in [7, 11) is 0. The molecule has 0 saturated carbocycles. The highest BCUT2D eigenvalue weighted by atomic mass is 32.2. The summed E-state index contributed by atoms with van der Waals surface area (Å²) in [4.78, 5) is 11.3. The van der Waals surface area contributed by atoms with Gasteiger partial charge in [0.05, 0.1) is 4.92 Å². The van der Waals surface area contributed by atoms with E-state index < -0.39 is 0 Å². The van der Waals surface area contributed by atoms with Gasteiger partial charge in [0.25, 0.3) is 5.69 Å². The molecular formula is C15H23NO2S. The van der Waals surface area contributed by atoms with Crippen LogP contribution in [0.1, 0.15) is 46.0 Å². The molecule has 1 aromatic carbocycles. The Morgan fingerprint density at radius 1 is 1.11 bits per heavy atom. The van der Waals surface area contributed by atoms with E-state index in [0.29, 0.717) is 0 Å². The number of nitrogens with zero attached hydrogens (tertiary/aromatic N) is 1. The molecule has 0 amide bonds. The molecule has 0 atom stereocenters. The van der Waals surface area contributed by atoms with E-state index in [2.05, 4.69) is 13.8 Å². The molecule has 0 aliphatic heterocycles. The van der Waals surface area contributed by atoms with Crippen molar-refractivity contribution in [3.8, 4) is 0 Å². The second kappa shape index (κ2) is 8.97. The predicted octanol–water partition coefficient (Wildman–Crippen LogP) is 5.29. The van der Waals surface area contributed by atoms with Crippen molar-refractivity contribution in [3.63, 3.8) is 0 Å². The minimum Gasteiger partial charge on any atom is -0.258 e. The molecule has 0 bridgehead atoms. The highest BCUT2D eigenvalue weighted by Crippen LogP contribution is 2.22. The molecule has 0 aromatic heterocycles. The van der Waals surface area contributed by atoms with Gasteiger partial charge in [-0.1, -0.05) is 39.5 Å². The van der Waals surface area contributed by atoms with Crippen LogP contribution in [0.25, 0.3) is 0 Å². The minimum atomic E-state index is -0.358. The van der Waals surface area contributed by atoms with Crippen LogP contribution in [0.2, 0.25) is 0 Å². The number of benzene rings is 1. The summed E-state index contributed by atoms with van der Waals surface area (Å²) in [6.07, 6.45) is 6.49. The Balaban J connectivity index is 2.11. The van der Waals surface area contributed by atoms with E-state index in [0.717, 1.165) is 16.6 Å². The third kappa shape index (κ3) is 7.21. The summed E-state index contributed by atoms with van der Waals surface area (Å²) in [5, 5.41) is 10.5. The van der Waals surface area contributed by atoms with Gasteiger partial charge in [0.2, 0.25) is 0 Å². The van der Waals surface area contributed by atoms with E-state index in [9.17, 15) is 10.1 Å². The van der Waals surface area contributed by atoms with Crippen molar-refractivity contribution in [2.24, 2.45) is 5.92 Å². The predicted molar refractivity (Wildman–Crippen MR) is 81.7 cm³/mol. The van der Waals surface area contributed by atoms with E-state index in [1.54, 1.807) is 23.9 Å². The summed E-state index contributed by atoms with van der Waals surface area (Å²) in [6.45, 7) is 4.54. The molecule has 106 valence electrons. The van der Waals surface area contributed by atoms with Gasteiger partial charge in [-0.15, -0.1) is 11.8 Å². The topological polar surface area (TPSA) is 43.1 Å². The van der Waals surface area contributed by atoms with E-state index in [1.165, 1.54) is 32.1 Å². The normalized spacial score (nSPS) is 10.9. The van der Waals surface area contributed by atoms with Crippen molar-refractivity contribution in [1.29, 1.82) is 0 Å². The second-order valence-electron chi connectivity index (χ2n) is 5.20. The van der Waals surface area contributed by atoms with Crippen molar-refractivity contribution in [2.45, 2.75) is 50.8 Å². The molecule has 0 aliphatic rings. The first-order valence-corrected chi connectivity index (χ1v) is 7.95. The Morgan fingerprint density at radius 2 is 1.74 bits per heavy atom. The van der Waals surface area contributed by atoms with E-state index >= 15 is 0 Å². The molecule has 1 aromatic rings. The maximum absolute atomic E-state index is 10.5. The first kappa shape index (κ1) is 16.0. The first-order valence-electron chi connectivity index (χ1n) is 6.97. The molecule has 0 N–H and O–H groups in total. The number of non-ortho nitro benzene ring substituents is 1. The molecule has 0 fully saturated rings. The molecule has 0 heterocycles. The molecule has 0 radical (unpaired) electrons. The van der Waals surface area contributed by atoms with Gasteiger partial charge in [-0.25, -0.2) is 0 Å². The molecule has 3 nitrogen and oxygen atoms in total. The quantitative estimate of drug-likeness (QED) is 0.267. The third-order valence-corrected chi connectivity index (χ3v) is 4.09. The lowest BCUT2D eigenvalue weighted by atomic mass is 10.0. The summed E-state index contributed by atoms with van der Waals surface area (Å²) < 4.78 is 0. The summed E-state index contributed by atoms with van der Waals surface area (Å²) >= 11 is 1.78. The molecule has 0 unspecified atom stereocenters. The Labute approximate surface area is 119 Å². The fourth-order valence-corrected chi connectivity index (χ4v) is 2.77. The lowest BCUT2D eigenvalue weighted by Gasteiger charge is -2.04. The minimum absolute atomic E-state index is 0.165. The molecule has 0 aliphatic carbocycles. The molecule has 4 heteroatoms. The van der Waals surface area contributed by atoms with Gasteiger partial charge in [-0.2, -0.15) is 0 Å². The van der Waals surface area contributed by atoms with Gasteiger partial charge in [0.15, 0.2) is 0 Å². The summed E-state index contributed by atoms with van der Waals surface area (Å²) in [5.41, 5.74) is 0.165. The molecule has 0 spiro atoms. The maximum Gasteiger partial charge on any atom is 0.269 e. The lowest BCUT2D eigenvalue weighted by molar-refractivity contribution is -0.384. The van der Waals surface area contributed by atoms with Crippen LogP contribution in [0.4, 0.5) is 5.69 Å². The highest BCUT2D eigenvalue weighted by Gasteiger charge is 2.03. The van der Waals surface area contributed by atoms with Gasteiger partial charge in [-0.05, 0) is 30.2 Å². The molecule has 1 rings (SSSR count). The second-order valence-corrected chi connectivity index (χ2v) is 6.36. The number of hydrogen-bond donors (Lipinski definition) is 0. The van der Waals surface area contributed by atoms with E-state index in [4.69, 9.17) is 0 Å². The van der Waals surface area contributed by atoms with Crippen molar-refractivity contribution in [2.75, 3.05) is 5.75 Å². The lowest BCUT2D eigenvalue weighted by Crippen LogP contribution is -1.88. The molecular weight excluding hydrogens is 258 g/mol. The zero-order valence-corrected chi connectivity index (χ0v) is 12.6. The van der Waals surface area contributed by atoms with Crippen molar-refractivity contribution in [1.82, 2.24) is 0 Å². The van der Waals surface area contributed by atoms with Crippen LogP contribution >= 0.6 is 11.8 Å². The number of thioether (sulfide) groups is 1. The average Bonchev–Trinajstić information content (AvgIpc) is 2.38. The standard InChI is InChI=1S/C15H23NO2S/c1-13(2)7-5-3-4-6-12-19-15-10-8-14(9-11-15)16(17)18/h8-11,13H,3-7,12H2,1-2H3. The van der Waals surface area contributed by atoms with Crippen LogP contribution in [0.15, 0.2) is 29.2 Å². The number of hydrogen-bond acceptors (Lipinski definition) is 3. The van der Waals surface area contributed by atoms with Crippen LogP contribution in [-0.2, 0) is 0 Å². The van der Waals surface area contributed by atoms with Gasteiger partial charge >= 0.3 is 0 Å². The van der Waals surface area contributed by atoms with E-state index in [1.807, 2.05) is 12.1 Å². The Hall–Kier alpha value is -1.03. The van der Waals surface area contributed by atoms with Crippen molar-refractivity contribution >= 4 is 17.4 Å². The monoisotopic (exact) mass is 281 g/mol. The number of unbranched alkanes of at least 4 members (excludes halogenated alkanes) is 3. The smallest absolute Gasteiger partial charge is 0.258 e. The zero-order chi connectivity index (χ0) is 14.1. The van der Waals surface area contributed by atoms with Crippen LogP contribution in [0.5, 0.6) is 0 Å². The number of rotatable bonds is 9. The van der Waals surface area contributed by atoms with Gasteiger partial charge in [-0.3, -0.25) is 10.1 Å². The van der Waals surface area contributed by atoms with Crippen molar-refractivity contribution in [3.05, 3.63) is 34.4 Å². The maximum atomic E-state index is 10.5. The first-order chi connectivity index (χ1) is 9.09. The number of nitro benzene ring substituents is 1. The summed E-state index contributed by atoms with van der Waals surface area (Å²) in [6, 6.07) is 6.82. The van der Waals surface area contributed by atoms with Gasteiger partial charge in [0.1, 0.15) is 0 Å². The van der Waals surface area contributed by atoms with Crippen LogP contribution in [0, 0.1) is 16.0 Å². The fraction of sp³-hybridized carbons (Fsp3) is 0.600. The Morgan fingerprint density at radius 3 is 2.32 bits per heavy atom. The highest BCUT2D eigenvalue weighted by molar-refractivity contribution is 7.99. The SMILES string of the molecule is CC(C)CCCCCCSc1ccc([N+](=O)[O-])cc1. The Kier molecular flexibility index (Phi) is 7.56. The molecule has 19 heavy (non-hydrogen) atoms. The van der Waals surface area contributed by atoms with E-state index in [-0.39, 0.29) is 10.6 Å². The third-order valence-electron chi connectivity index (χ3n) is 2.99. The van der Waals surface area contributed by atoms with Gasteiger partial charge in [0, 0.05) is 17.0 Å². The van der Waals surface area contributed by atoms with Crippen molar-refractivity contribution < 1.29 is 4.92 Å². The average molecular weight is 281 g/mol. The fourth-order valence-electron chi connectivity index (χ4n) is 1.86. The Bertz CT molecular complexity index is 376. The summed E-state index contributed by atoms with van der Waals surface area (Å²) in [5.74, 6) is 1.91. The van der Waals surface area contributed by atoms with Crippen LogP contribution in [0.3, 0.4) is 0 Å². The molecule has 0 saturated heterocycles. The zero-order valence-electron chi connectivity index (χ0n) is 11.8. The number of nitro groups is 1. The largest absolute Gasteiger partial charge is 0.269 e. The van der Waals surface area contributed by atoms with Gasteiger partial charge < -0.3 is 0 Å². The van der Waals surface area contributed by atoms with Crippen LogP contribution in [-0.4, -0.2) is 10.7 Å².